The predicted octanol–water partition coefficient (Wildman–Crippen LogP) is 5.82. The molecule has 5 rings (SSSR count). The Labute approximate surface area is 204 Å². The Balaban J connectivity index is 1.48. The van der Waals surface area contributed by atoms with E-state index in [4.69, 9.17) is 23.2 Å². The predicted molar refractivity (Wildman–Crippen MR) is 134 cm³/mol. The number of H-pyrrole nitrogens is 1. The van der Waals surface area contributed by atoms with E-state index in [1.54, 1.807) is 30.3 Å². The van der Waals surface area contributed by atoms with Crippen LogP contribution in [-0.2, 0) is 4.79 Å². The molecular weight excluding hydrogens is 479 g/mol. The number of thioether (sulfide) groups is 1. The lowest BCUT2D eigenvalue weighted by Gasteiger charge is -2.35. The maximum atomic E-state index is 13.0. The molecule has 1 unspecified atom stereocenters. The van der Waals surface area contributed by atoms with Gasteiger partial charge < -0.3 is 9.88 Å². The molecule has 9 heteroatoms. The lowest BCUT2D eigenvalue weighted by Crippen LogP contribution is -2.52. The number of aromatic amines is 1. The fraction of sp³-hybridized carbons (Fsp3) is 0.0833. The van der Waals surface area contributed by atoms with E-state index >= 15 is 0 Å². The molecule has 1 atom stereocenters. The minimum atomic E-state index is -0.506. The number of benzene rings is 3. The molecular formula is C24H18Cl2N4O2S. The van der Waals surface area contributed by atoms with E-state index in [1.807, 2.05) is 53.4 Å². The van der Waals surface area contributed by atoms with E-state index in [9.17, 15) is 9.59 Å². The number of hydrogen-bond donors (Lipinski definition) is 2. The van der Waals surface area contributed by atoms with E-state index in [-0.39, 0.29) is 17.6 Å². The third-order valence-corrected chi connectivity index (χ3v) is 6.91. The second-order valence-electron chi connectivity index (χ2n) is 7.44. The Bertz CT molecular complexity index is 1250. The molecule has 4 aromatic rings. The summed E-state index contributed by atoms with van der Waals surface area (Å²) in [6, 6.07) is 24.0. The lowest BCUT2D eigenvalue weighted by molar-refractivity contribution is -0.130. The summed E-state index contributed by atoms with van der Waals surface area (Å²) in [5, 5.41) is 3.51. The number of hydrazine groups is 1. The van der Waals surface area contributed by atoms with E-state index in [0.717, 1.165) is 22.3 Å². The van der Waals surface area contributed by atoms with Gasteiger partial charge in [0.05, 0.1) is 5.75 Å². The second-order valence-corrected chi connectivity index (χ2v) is 9.35. The van der Waals surface area contributed by atoms with Crippen LogP contribution < -0.4 is 10.3 Å². The van der Waals surface area contributed by atoms with Crippen molar-refractivity contribution >= 4 is 69.1 Å². The molecule has 33 heavy (non-hydrogen) atoms. The number of aromatic nitrogens is 1. The molecule has 2 amide bonds. The van der Waals surface area contributed by atoms with Crippen molar-refractivity contribution in [3.8, 4) is 0 Å². The van der Waals surface area contributed by atoms with E-state index < -0.39 is 5.50 Å². The largest absolute Gasteiger partial charge is 0.350 e. The minimum Gasteiger partial charge on any atom is -0.350 e. The highest BCUT2D eigenvalue weighted by Crippen LogP contribution is 2.37. The third kappa shape index (κ3) is 4.39. The highest BCUT2D eigenvalue weighted by molar-refractivity contribution is 8.01. The highest BCUT2D eigenvalue weighted by Gasteiger charge is 2.38. The third-order valence-electron chi connectivity index (χ3n) is 5.27. The van der Waals surface area contributed by atoms with Crippen molar-refractivity contribution in [2.75, 3.05) is 10.7 Å². The van der Waals surface area contributed by atoms with Gasteiger partial charge in [-0.25, -0.2) is 5.01 Å². The number of amides is 2. The molecule has 6 nitrogen and oxygen atoms in total. The fourth-order valence-electron chi connectivity index (χ4n) is 3.69. The zero-order chi connectivity index (χ0) is 22.9. The maximum Gasteiger partial charge on any atom is 0.286 e. The van der Waals surface area contributed by atoms with Crippen LogP contribution in [0, 0.1) is 0 Å². The molecule has 2 heterocycles. The van der Waals surface area contributed by atoms with Gasteiger partial charge in [-0.3, -0.25) is 15.0 Å². The minimum absolute atomic E-state index is 0.192. The molecule has 0 radical (unpaired) electrons. The van der Waals surface area contributed by atoms with Gasteiger partial charge >= 0.3 is 0 Å². The Kier molecular flexibility index (Phi) is 5.93. The van der Waals surface area contributed by atoms with Crippen molar-refractivity contribution in [3.63, 3.8) is 0 Å². The number of halogens is 2. The normalized spacial score (nSPS) is 15.8. The van der Waals surface area contributed by atoms with Crippen LogP contribution in [0.5, 0.6) is 0 Å². The number of rotatable bonds is 5. The topological polar surface area (TPSA) is 68.4 Å². The maximum absolute atomic E-state index is 13.0. The SMILES string of the molecule is O=C(NN1C(=O)CSC1N(c1ccc(Cl)cc1)c1ccc(Cl)cc1)c1cc2ccccc2[nH]1. The lowest BCUT2D eigenvalue weighted by atomic mass is 10.2. The van der Waals surface area contributed by atoms with Crippen molar-refractivity contribution in [2.24, 2.45) is 0 Å². The average Bonchev–Trinajstić information content (AvgIpc) is 3.41. The summed E-state index contributed by atoms with van der Waals surface area (Å²) in [6.45, 7) is 0. The van der Waals surface area contributed by atoms with Gasteiger partial charge in [-0.15, -0.1) is 11.8 Å². The van der Waals surface area contributed by atoms with Crippen LogP contribution in [0.1, 0.15) is 10.5 Å². The molecule has 1 aliphatic heterocycles. The Morgan fingerprint density at radius 1 is 0.970 bits per heavy atom. The first-order valence-electron chi connectivity index (χ1n) is 10.1. The van der Waals surface area contributed by atoms with Gasteiger partial charge in [0, 0.05) is 32.3 Å². The van der Waals surface area contributed by atoms with Crippen molar-refractivity contribution in [3.05, 3.63) is 94.6 Å². The molecule has 1 aromatic heterocycles. The zero-order valence-electron chi connectivity index (χ0n) is 17.2. The molecule has 1 aliphatic rings. The summed E-state index contributed by atoms with van der Waals surface area (Å²) < 4.78 is 0. The molecule has 0 aliphatic carbocycles. The van der Waals surface area contributed by atoms with Gasteiger partial charge in [-0.2, -0.15) is 0 Å². The summed E-state index contributed by atoms with van der Waals surface area (Å²) in [4.78, 5) is 30.9. The quantitative estimate of drug-likeness (QED) is 0.365. The van der Waals surface area contributed by atoms with Crippen LogP contribution >= 0.6 is 35.0 Å². The number of nitrogens with one attached hydrogen (secondary N) is 2. The molecule has 166 valence electrons. The van der Waals surface area contributed by atoms with Crippen molar-refractivity contribution in [1.29, 1.82) is 0 Å². The van der Waals surface area contributed by atoms with Crippen LogP contribution in [0.3, 0.4) is 0 Å². The number of anilines is 2. The van der Waals surface area contributed by atoms with Gasteiger partial charge in [0.25, 0.3) is 11.8 Å². The first-order chi connectivity index (χ1) is 16.0. The second kappa shape index (κ2) is 9.02. The number of nitrogens with zero attached hydrogens (tertiary/aromatic N) is 2. The Hall–Kier alpha value is -3.13. The first-order valence-corrected chi connectivity index (χ1v) is 11.9. The first kappa shape index (κ1) is 21.7. The van der Waals surface area contributed by atoms with Gasteiger partial charge in [-0.05, 0) is 60.7 Å². The standard InChI is InChI=1S/C24H18Cl2N4O2S/c25-16-5-9-18(10-6-16)29(19-11-7-17(26)8-12-19)24-30(22(31)14-33-24)28-23(32)21-13-15-3-1-2-4-20(15)27-21/h1-13,24,27H,14H2,(H,28,32). The smallest absolute Gasteiger partial charge is 0.286 e. The number of fused-ring (bicyclic) bond motifs is 1. The number of hydrogen-bond acceptors (Lipinski definition) is 4. The van der Waals surface area contributed by atoms with Crippen molar-refractivity contribution < 1.29 is 9.59 Å². The molecule has 1 fully saturated rings. The number of carbonyl (C=O) groups is 2. The van der Waals surface area contributed by atoms with Crippen LogP contribution in [0.4, 0.5) is 11.4 Å². The van der Waals surface area contributed by atoms with E-state index in [0.29, 0.717) is 15.7 Å². The monoisotopic (exact) mass is 496 g/mol. The number of para-hydroxylation sites is 1. The molecule has 0 saturated carbocycles. The summed E-state index contributed by atoms with van der Waals surface area (Å²) in [5.41, 5.74) is 5.16. The van der Waals surface area contributed by atoms with Crippen LogP contribution in [0.25, 0.3) is 10.9 Å². The summed E-state index contributed by atoms with van der Waals surface area (Å²) in [7, 11) is 0. The fourth-order valence-corrected chi connectivity index (χ4v) is 5.09. The molecule has 0 spiro atoms. The van der Waals surface area contributed by atoms with Crippen LogP contribution in [0.15, 0.2) is 78.9 Å². The van der Waals surface area contributed by atoms with Gasteiger partial charge in [0.2, 0.25) is 0 Å². The van der Waals surface area contributed by atoms with Crippen molar-refractivity contribution in [1.82, 2.24) is 15.4 Å². The average molecular weight is 497 g/mol. The van der Waals surface area contributed by atoms with E-state index in [2.05, 4.69) is 10.4 Å². The van der Waals surface area contributed by atoms with Gasteiger partial charge in [-0.1, -0.05) is 41.4 Å². The summed E-state index contributed by atoms with van der Waals surface area (Å²) in [6.07, 6.45) is 0. The molecule has 2 N–H and O–H groups in total. The molecule has 1 saturated heterocycles. The zero-order valence-corrected chi connectivity index (χ0v) is 19.5. The van der Waals surface area contributed by atoms with Crippen LogP contribution in [-0.4, -0.2) is 33.1 Å². The summed E-state index contributed by atoms with van der Waals surface area (Å²) in [5.74, 6) is -0.350. The Morgan fingerprint density at radius 3 is 2.18 bits per heavy atom. The number of carbonyl (C=O) groups excluding carboxylic acids is 2. The van der Waals surface area contributed by atoms with Gasteiger partial charge in [0.1, 0.15) is 5.69 Å². The van der Waals surface area contributed by atoms with E-state index in [1.165, 1.54) is 16.8 Å². The molecule has 0 bridgehead atoms. The Morgan fingerprint density at radius 2 is 1.58 bits per heavy atom. The van der Waals surface area contributed by atoms with Gasteiger partial charge in [0.15, 0.2) is 5.50 Å². The molecule has 3 aromatic carbocycles. The highest BCUT2D eigenvalue weighted by atomic mass is 35.5. The summed E-state index contributed by atoms with van der Waals surface area (Å²) >= 11 is 13.6. The van der Waals surface area contributed by atoms with Crippen LogP contribution in [0.2, 0.25) is 10.0 Å². The van der Waals surface area contributed by atoms with Crippen molar-refractivity contribution in [2.45, 2.75) is 5.50 Å².